The Labute approximate surface area is 182 Å². The molecule has 0 radical (unpaired) electrons. The summed E-state index contributed by atoms with van der Waals surface area (Å²) in [7, 11) is -2.56. The number of hydrogen-bond acceptors (Lipinski definition) is 5. The first-order valence-corrected chi connectivity index (χ1v) is 11.7. The van der Waals surface area contributed by atoms with Crippen LogP contribution in [0.5, 0.6) is 5.75 Å². The number of aliphatic carboxylic acids is 1. The zero-order chi connectivity index (χ0) is 22.1. The number of ether oxygens (including phenoxy) is 1. The van der Waals surface area contributed by atoms with Crippen molar-refractivity contribution in [1.29, 1.82) is 0 Å². The van der Waals surface area contributed by atoms with Gasteiger partial charge in [0.05, 0.1) is 12.0 Å². The lowest BCUT2D eigenvalue weighted by molar-refractivity contribution is -0.141. The molecule has 162 valence electrons. The molecule has 4 rings (SSSR count). The van der Waals surface area contributed by atoms with Crippen LogP contribution in [0, 0.1) is 0 Å². The Balaban J connectivity index is 1.53. The lowest BCUT2D eigenvalue weighted by Crippen LogP contribution is -2.54. The molecule has 1 saturated heterocycles. The molecule has 3 aromatic rings. The van der Waals surface area contributed by atoms with Crippen molar-refractivity contribution >= 4 is 26.6 Å². The number of fused-ring (bicyclic) bond motifs is 1. The number of carbonyl (C=O) groups is 1. The van der Waals surface area contributed by atoms with Gasteiger partial charge in [-0.15, -0.1) is 0 Å². The molecule has 3 aromatic carbocycles. The van der Waals surface area contributed by atoms with Gasteiger partial charge in [-0.05, 0) is 59.5 Å². The van der Waals surface area contributed by atoms with Crippen LogP contribution in [0.4, 0.5) is 0 Å². The van der Waals surface area contributed by atoms with Gasteiger partial charge in [-0.1, -0.05) is 36.4 Å². The monoisotopic (exact) mass is 439 g/mol. The zero-order valence-electron chi connectivity index (χ0n) is 17.3. The standard InChI is InChI=1S/C24H25NO5S/c1-30-21-8-10-22(11-9-21)31(28,29)24(23(26)27)12-14-25(15-13-24)17-18-6-7-19-4-2-3-5-20(19)16-18/h2-11,16H,12-15,17H2,1H3,(H,26,27). The fraction of sp³-hybridized carbons (Fsp3) is 0.292. The van der Waals surface area contributed by atoms with Gasteiger partial charge in [-0.25, -0.2) is 8.42 Å². The largest absolute Gasteiger partial charge is 0.497 e. The molecular formula is C24H25NO5S. The fourth-order valence-electron chi connectivity index (χ4n) is 4.25. The number of methoxy groups -OCH3 is 1. The van der Waals surface area contributed by atoms with Crippen LogP contribution in [-0.2, 0) is 21.2 Å². The van der Waals surface area contributed by atoms with Crippen LogP contribution < -0.4 is 4.74 Å². The van der Waals surface area contributed by atoms with E-state index in [1.807, 2.05) is 12.1 Å². The van der Waals surface area contributed by atoms with Crippen LogP contribution >= 0.6 is 0 Å². The maximum absolute atomic E-state index is 13.3. The summed E-state index contributed by atoms with van der Waals surface area (Å²) in [6.45, 7) is 1.45. The second-order valence-corrected chi connectivity index (χ2v) is 10.2. The highest BCUT2D eigenvalue weighted by Crippen LogP contribution is 2.37. The molecular weight excluding hydrogens is 414 g/mol. The normalized spacial score (nSPS) is 16.8. The quantitative estimate of drug-likeness (QED) is 0.630. The van der Waals surface area contributed by atoms with Gasteiger partial charge in [0.15, 0.2) is 14.6 Å². The minimum Gasteiger partial charge on any atom is -0.497 e. The van der Waals surface area contributed by atoms with E-state index >= 15 is 0 Å². The maximum Gasteiger partial charge on any atom is 0.325 e. The van der Waals surface area contributed by atoms with Crippen LogP contribution in [0.15, 0.2) is 71.6 Å². The Kier molecular flexibility index (Phi) is 5.73. The molecule has 0 bridgehead atoms. The maximum atomic E-state index is 13.3. The molecule has 1 N–H and O–H groups in total. The summed E-state index contributed by atoms with van der Waals surface area (Å²) in [5, 5.41) is 12.3. The van der Waals surface area contributed by atoms with Gasteiger partial charge in [-0.2, -0.15) is 0 Å². The van der Waals surface area contributed by atoms with E-state index in [9.17, 15) is 18.3 Å². The number of sulfone groups is 1. The zero-order valence-corrected chi connectivity index (χ0v) is 18.1. The van der Waals surface area contributed by atoms with Crippen molar-refractivity contribution in [3.8, 4) is 5.75 Å². The van der Waals surface area contributed by atoms with E-state index in [-0.39, 0.29) is 17.7 Å². The molecule has 0 unspecified atom stereocenters. The van der Waals surface area contributed by atoms with E-state index in [2.05, 4.69) is 35.2 Å². The van der Waals surface area contributed by atoms with E-state index < -0.39 is 20.6 Å². The predicted octanol–water partition coefficient (Wildman–Crippen LogP) is 3.74. The smallest absolute Gasteiger partial charge is 0.325 e. The van der Waals surface area contributed by atoms with Gasteiger partial charge < -0.3 is 9.84 Å². The average Bonchev–Trinajstić information content (AvgIpc) is 2.79. The van der Waals surface area contributed by atoms with Gasteiger partial charge in [0, 0.05) is 19.6 Å². The number of rotatable bonds is 6. The van der Waals surface area contributed by atoms with Gasteiger partial charge in [0.25, 0.3) is 0 Å². The van der Waals surface area contributed by atoms with Gasteiger partial charge in [-0.3, -0.25) is 9.69 Å². The van der Waals surface area contributed by atoms with E-state index in [0.29, 0.717) is 25.4 Å². The molecule has 0 aliphatic carbocycles. The first-order valence-electron chi connectivity index (χ1n) is 10.2. The van der Waals surface area contributed by atoms with E-state index in [0.717, 1.165) is 10.9 Å². The Bertz CT molecular complexity index is 1200. The topological polar surface area (TPSA) is 83.9 Å². The summed E-state index contributed by atoms with van der Waals surface area (Å²) < 4.78 is 29.9. The summed E-state index contributed by atoms with van der Waals surface area (Å²) in [6.07, 6.45) is 0.0918. The average molecular weight is 440 g/mol. The fourth-order valence-corrected chi connectivity index (χ4v) is 6.14. The highest BCUT2D eigenvalue weighted by molar-refractivity contribution is 7.93. The second kappa shape index (κ2) is 8.32. The van der Waals surface area contributed by atoms with Crippen molar-refractivity contribution in [3.05, 3.63) is 72.3 Å². The molecule has 1 heterocycles. The first-order chi connectivity index (χ1) is 14.9. The number of piperidine rings is 1. The van der Waals surface area contributed by atoms with Crippen LogP contribution in [0.25, 0.3) is 10.8 Å². The summed E-state index contributed by atoms with van der Waals surface area (Å²) in [6, 6.07) is 20.3. The summed E-state index contributed by atoms with van der Waals surface area (Å²) in [4.78, 5) is 14.3. The molecule has 0 saturated carbocycles. The lowest BCUT2D eigenvalue weighted by atomic mass is 9.95. The number of carboxylic acids is 1. The second-order valence-electron chi connectivity index (χ2n) is 7.94. The van der Waals surface area contributed by atoms with Crippen molar-refractivity contribution in [2.75, 3.05) is 20.2 Å². The summed E-state index contributed by atoms with van der Waals surface area (Å²) in [5.74, 6) is -0.762. The molecule has 6 nitrogen and oxygen atoms in total. The summed E-state index contributed by atoms with van der Waals surface area (Å²) in [5.41, 5.74) is 1.12. The number of likely N-dealkylation sites (tertiary alicyclic amines) is 1. The molecule has 1 aliphatic heterocycles. The van der Waals surface area contributed by atoms with Crippen molar-refractivity contribution in [2.24, 2.45) is 0 Å². The number of nitrogens with zero attached hydrogens (tertiary/aromatic N) is 1. The third-order valence-corrected chi connectivity index (χ3v) is 8.66. The van der Waals surface area contributed by atoms with Gasteiger partial charge in [0.1, 0.15) is 5.75 Å². The Hall–Kier alpha value is -2.90. The molecule has 1 fully saturated rings. The van der Waals surface area contributed by atoms with E-state index in [1.54, 1.807) is 0 Å². The molecule has 31 heavy (non-hydrogen) atoms. The number of carboxylic acid groups (broad SMARTS) is 1. The molecule has 1 aliphatic rings. The number of benzene rings is 3. The van der Waals surface area contributed by atoms with Crippen molar-refractivity contribution in [1.82, 2.24) is 4.90 Å². The molecule has 0 spiro atoms. The number of hydrogen-bond donors (Lipinski definition) is 1. The minimum atomic E-state index is -4.05. The van der Waals surface area contributed by atoms with E-state index in [1.165, 1.54) is 36.8 Å². The lowest BCUT2D eigenvalue weighted by Gasteiger charge is -2.38. The highest BCUT2D eigenvalue weighted by atomic mass is 32.2. The van der Waals surface area contributed by atoms with Crippen molar-refractivity contribution < 1.29 is 23.1 Å². The Morgan fingerprint density at radius 1 is 1.00 bits per heavy atom. The summed E-state index contributed by atoms with van der Waals surface area (Å²) >= 11 is 0. The Morgan fingerprint density at radius 2 is 1.65 bits per heavy atom. The van der Waals surface area contributed by atoms with Crippen molar-refractivity contribution in [2.45, 2.75) is 29.0 Å². The minimum absolute atomic E-state index is 0.0127. The highest BCUT2D eigenvalue weighted by Gasteiger charge is 2.53. The van der Waals surface area contributed by atoms with Crippen LogP contribution in [0.3, 0.4) is 0 Å². The Morgan fingerprint density at radius 3 is 2.26 bits per heavy atom. The van der Waals surface area contributed by atoms with Crippen LogP contribution in [-0.4, -0.2) is 49.3 Å². The van der Waals surface area contributed by atoms with Gasteiger partial charge in [0.2, 0.25) is 0 Å². The third kappa shape index (κ3) is 3.91. The van der Waals surface area contributed by atoms with Gasteiger partial charge >= 0.3 is 5.97 Å². The predicted molar refractivity (Wildman–Crippen MR) is 119 cm³/mol. The molecule has 7 heteroatoms. The van der Waals surface area contributed by atoms with Crippen molar-refractivity contribution in [3.63, 3.8) is 0 Å². The van der Waals surface area contributed by atoms with Crippen LogP contribution in [0.2, 0.25) is 0 Å². The van der Waals surface area contributed by atoms with E-state index in [4.69, 9.17) is 4.74 Å². The van der Waals surface area contributed by atoms with Crippen LogP contribution in [0.1, 0.15) is 18.4 Å². The SMILES string of the molecule is COc1ccc(S(=O)(=O)C2(C(=O)O)CCN(Cc3ccc4ccccc4c3)CC2)cc1. The first kappa shape index (κ1) is 21.3. The molecule has 0 amide bonds. The molecule has 0 atom stereocenters. The third-order valence-electron chi connectivity index (χ3n) is 6.16. The molecule has 0 aromatic heterocycles.